The molecule has 0 unspecified atom stereocenters. The maximum Gasteiger partial charge on any atom is 0.200 e. The van der Waals surface area contributed by atoms with Crippen molar-refractivity contribution in [1.29, 1.82) is 0 Å². The highest BCUT2D eigenvalue weighted by molar-refractivity contribution is 7.99. The van der Waals surface area contributed by atoms with Crippen LogP contribution < -0.4 is 5.11 Å². The van der Waals surface area contributed by atoms with Crippen LogP contribution in [-0.2, 0) is 16.1 Å². The van der Waals surface area contributed by atoms with Gasteiger partial charge in [-0.3, -0.25) is 4.57 Å². The number of thioether (sulfide) groups is 1. The fourth-order valence-corrected chi connectivity index (χ4v) is 2.93. The predicted octanol–water partition coefficient (Wildman–Crippen LogP) is 0.559. The maximum absolute atomic E-state index is 10.6. The van der Waals surface area contributed by atoms with Gasteiger partial charge in [0.1, 0.15) is 0 Å². The van der Waals surface area contributed by atoms with Crippen LogP contribution in [0.1, 0.15) is 12.8 Å². The van der Waals surface area contributed by atoms with Crippen LogP contribution in [0.15, 0.2) is 28.0 Å². The van der Waals surface area contributed by atoms with Gasteiger partial charge in [-0.1, -0.05) is 11.8 Å². The Labute approximate surface area is 125 Å². The molecule has 3 rings (SSSR count). The van der Waals surface area contributed by atoms with Crippen molar-refractivity contribution in [1.82, 2.24) is 14.8 Å². The average Bonchev–Trinajstić information content (AvgIpc) is 3.18. The number of carbonyl (C=O) groups excluding carboxylic acids is 1. The van der Waals surface area contributed by atoms with Gasteiger partial charge in [0.15, 0.2) is 10.9 Å². The first-order valence-electron chi connectivity index (χ1n) is 6.65. The van der Waals surface area contributed by atoms with Gasteiger partial charge in [0, 0.05) is 12.4 Å². The van der Waals surface area contributed by atoms with Gasteiger partial charge in [0.05, 0.1) is 24.9 Å². The van der Waals surface area contributed by atoms with E-state index in [4.69, 9.17) is 9.15 Å². The van der Waals surface area contributed by atoms with Crippen LogP contribution in [0.4, 0.5) is 0 Å². The summed E-state index contributed by atoms with van der Waals surface area (Å²) >= 11 is 1.09. The molecular formula is C13H14N3O4S-. The first kappa shape index (κ1) is 14.2. The Morgan fingerprint density at radius 1 is 1.52 bits per heavy atom. The summed E-state index contributed by atoms with van der Waals surface area (Å²) in [6, 6.07) is 3.57. The lowest BCUT2D eigenvalue weighted by Gasteiger charge is -2.13. The van der Waals surface area contributed by atoms with Gasteiger partial charge >= 0.3 is 0 Å². The summed E-state index contributed by atoms with van der Waals surface area (Å²) in [4.78, 5) is 10.6. The SMILES string of the molecule is O=C([O-])CSc1nnc(-c2ccco2)n1C[C@H]1CCCO1. The zero-order chi connectivity index (χ0) is 14.7. The normalized spacial score (nSPS) is 18.2. The number of hydrogen-bond acceptors (Lipinski definition) is 7. The Balaban J connectivity index is 1.86. The van der Waals surface area contributed by atoms with Crippen molar-refractivity contribution in [2.24, 2.45) is 0 Å². The number of furan rings is 1. The minimum atomic E-state index is -1.13. The van der Waals surface area contributed by atoms with E-state index in [0.717, 1.165) is 31.2 Å². The molecule has 0 amide bonds. The standard InChI is InChI=1S/C13H15N3O4S/c17-11(18)8-21-13-15-14-12(10-4-2-6-20-10)16(13)7-9-3-1-5-19-9/h2,4,6,9H,1,3,5,7-8H2,(H,17,18)/p-1/t9-/m1/s1. The number of carboxylic acids is 1. The number of ether oxygens (including phenoxy) is 1. The van der Waals surface area contributed by atoms with Gasteiger partial charge in [-0.15, -0.1) is 10.2 Å². The van der Waals surface area contributed by atoms with Gasteiger partial charge in [-0.25, -0.2) is 0 Å². The molecule has 1 atom stereocenters. The summed E-state index contributed by atoms with van der Waals surface area (Å²) in [5.41, 5.74) is 0. The topological polar surface area (TPSA) is 93.2 Å². The minimum absolute atomic E-state index is 0.0945. The van der Waals surface area contributed by atoms with Crippen LogP contribution in [0.25, 0.3) is 11.6 Å². The second kappa shape index (κ2) is 6.31. The quantitative estimate of drug-likeness (QED) is 0.720. The van der Waals surface area contributed by atoms with Gasteiger partial charge in [0.2, 0.25) is 5.82 Å². The van der Waals surface area contributed by atoms with Crippen LogP contribution in [-0.4, -0.2) is 39.2 Å². The molecular weight excluding hydrogens is 294 g/mol. The number of hydrogen-bond donors (Lipinski definition) is 0. The van der Waals surface area contributed by atoms with Crippen molar-refractivity contribution in [2.75, 3.05) is 12.4 Å². The van der Waals surface area contributed by atoms with E-state index in [2.05, 4.69) is 10.2 Å². The Morgan fingerprint density at radius 2 is 2.43 bits per heavy atom. The van der Waals surface area contributed by atoms with Crippen molar-refractivity contribution >= 4 is 17.7 Å². The average molecular weight is 308 g/mol. The van der Waals surface area contributed by atoms with E-state index in [-0.39, 0.29) is 11.9 Å². The Bertz CT molecular complexity index is 605. The van der Waals surface area contributed by atoms with Gasteiger partial charge in [-0.05, 0) is 25.0 Å². The molecule has 0 aromatic carbocycles. The largest absolute Gasteiger partial charge is 0.549 e. The number of aliphatic carboxylic acids is 1. The number of carbonyl (C=O) groups is 1. The lowest BCUT2D eigenvalue weighted by atomic mass is 10.2. The third kappa shape index (κ3) is 3.27. The highest BCUT2D eigenvalue weighted by Gasteiger charge is 2.22. The van der Waals surface area contributed by atoms with Crippen molar-refractivity contribution in [3.63, 3.8) is 0 Å². The molecule has 1 aliphatic heterocycles. The van der Waals surface area contributed by atoms with E-state index in [9.17, 15) is 9.90 Å². The van der Waals surface area contributed by atoms with Crippen LogP contribution in [0.2, 0.25) is 0 Å². The summed E-state index contributed by atoms with van der Waals surface area (Å²) in [5.74, 6) is -0.120. The third-order valence-corrected chi connectivity index (χ3v) is 4.13. The molecule has 0 saturated carbocycles. The highest BCUT2D eigenvalue weighted by atomic mass is 32.2. The molecule has 1 fully saturated rings. The van der Waals surface area contributed by atoms with Crippen molar-refractivity contribution in [2.45, 2.75) is 30.6 Å². The van der Waals surface area contributed by atoms with Gasteiger partial charge in [0.25, 0.3) is 0 Å². The summed E-state index contributed by atoms with van der Waals surface area (Å²) in [6.45, 7) is 1.34. The zero-order valence-corrected chi connectivity index (χ0v) is 12.0. The first-order chi connectivity index (χ1) is 10.2. The molecule has 0 aliphatic carbocycles. The first-order valence-corrected chi connectivity index (χ1v) is 7.64. The lowest BCUT2D eigenvalue weighted by Crippen LogP contribution is -2.24. The number of rotatable bonds is 6. The summed E-state index contributed by atoms with van der Waals surface area (Å²) < 4.78 is 12.8. The monoisotopic (exact) mass is 308 g/mol. The molecule has 2 aromatic rings. The van der Waals surface area contributed by atoms with E-state index < -0.39 is 5.97 Å². The van der Waals surface area contributed by atoms with Gasteiger partial charge < -0.3 is 19.1 Å². The molecule has 7 nitrogen and oxygen atoms in total. The van der Waals surface area contributed by atoms with Crippen LogP contribution in [0, 0.1) is 0 Å². The molecule has 1 aliphatic rings. The fraction of sp³-hybridized carbons (Fsp3) is 0.462. The Kier molecular flexibility index (Phi) is 4.26. The molecule has 2 aromatic heterocycles. The van der Waals surface area contributed by atoms with Crippen LogP contribution in [0.5, 0.6) is 0 Å². The lowest BCUT2D eigenvalue weighted by molar-refractivity contribution is -0.301. The number of nitrogens with zero attached hydrogens (tertiary/aromatic N) is 3. The number of carboxylic acid groups (broad SMARTS) is 1. The summed E-state index contributed by atoms with van der Waals surface area (Å²) in [7, 11) is 0. The molecule has 0 bridgehead atoms. The summed E-state index contributed by atoms with van der Waals surface area (Å²) in [5, 5.41) is 19.3. The van der Waals surface area contributed by atoms with Crippen LogP contribution >= 0.6 is 11.8 Å². The van der Waals surface area contributed by atoms with E-state index >= 15 is 0 Å². The Morgan fingerprint density at radius 3 is 3.10 bits per heavy atom. The molecule has 0 N–H and O–H groups in total. The zero-order valence-electron chi connectivity index (χ0n) is 11.2. The maximum atomic E-state index is 10.6. The molecule has 0 spiro atoms. The molecule has 3 heterocycles. The fourth-order valence-electron chi connectivity index (χ4n) is 2.26. The van der Waals surface area contributed by atoms with E-state index in [1.165, 1.54) is 0 Å². The molecule has 8 heteroatoms. The molecule has 1 saturated heterocycles. The summed E-state index contributed by atoms with van der Waals surface area (Å²) in [6.07, 6.45) is 3.66. The second-order valence-electron chi connectivity index (χ2n) is 4.69. The Hall–Kier alpha value is -1.80. The third-order valence-electron chi connectivity index (χ3n) is 3.19. The second-order valence-corrected chi connectivity index (χ2v) is 5.63. The molecule has 112 valence electrons. The van der Waals surface area contributed by atoms with Crippen LogP contribution in [0.3, 0.4) is 0 Å². The van der Waals surface area contributed by atoms with E-state index in [0.29, 0.717) is 23.3 Å². The minimum Gasteiger partial charge on any atom is -0.549 e. The highest BCUT2D eigenvalue weighted by Crippen LogP contribution is 2.26. The predicted molar refractivity (Wildman–Crippen MR) is 72.4 cm³/mol. The number of aromatic nitrogens is 3. The van der Waals surface area contributed by atoms with Crippen molar-refractivity contribution in [3.8, 4) is 11.6 Å². The van der Waals surface area contributed by atoms with E-state index in [1.54, 1.807) is 18.4 Å². The van der Waals surface area contributed by atoms with Gasteiger partial charge in [-0.2, -0.15) is 0 Å². The smallest absolute Gasteiger partial charge is 0.200 e. The van der Waals surface area contributed by atoms with E-state index in [1.807, 2.05) is 4.57 Å². The molecule has 21 heavy (non-hydrogen) atoms. The van der Waals surface area contributed by atoms with Crippen molar-refractivity contribution < 1.29 is 19.1 Å². The van der Waals surface area contributed by atoms with Crippen molar-refractivity contribution in [3.05, 3.63) is 18.4 Å². The molecule has 0 radical (unpaired) electrons.